The maximum atomic E-state index is 9.64. The highest BCUT2D eigenvalue weighted by Crippen LogP contribution is 2.35. The SMILES string of the molecule is OCc1cc(O)c2c(I)csc2c1. The van der Waals surface area contributed by atoms with Crippen molar-refractivity contribution in [2.24, 2.45) is 0 Å². The number of benzene rings is 1. The van der Waals surface area contributed by atoms with Crippen LogP contribution < -0.4 is 0 Å². The predicted octanol–water partition coefficient (Wildman–Crippen LogP) is 2.70. The topological polar surface area (TPSA) is 40.5 Å². The van der Waals surface area contributed by atoms with Crippen LogP contribution in [0.4, 0.5) is 0 Å². The molecule has 0 aliphatic carbocycles. The highest BCUT2D eigenvalue weighted by Gasteiger charge is 2.07. The summed E-state index contributed by atoms with van der Waals surface area (Å²) in [4.78, 5) is 0. The average molecular weight is 306 g/mol. The minimum Gasteiger partial charge on any atom is -0.507 e. The number of rotatable bonds is 1. The minimum atomic E-state index is -0.0298. The van der Waals surface area contributed by atoms with Crippen LogP contribution in [0.3, 0.4) is 0 Å². The highest BCUT2D eigenvalue weighted by atomic mass is 127. The molecule has 1 aromatic carbocycles. The summed E-state index contributed by atoms with van der Waals surface area (Å²) < 4.78 is 2.08. The van der Waals surface area contributed by atoms with Gasteiger partial charge in [0.25, 0.3) is 0 Å². The smallest absolute Gasteiger partial charge is 0.125 e. The van der Waals surface area contributed by atoms with Gasteiger partial charge in [-0.25, -0.2) is 0 Å². The van der Waals surface area contributed by atoms with E-state index in [1.807, 2.05) is 11.4 Å². The summed E-state index contributed by atoms with van der Waals surface area (Å²) in [6.45, 7) is -0.0298. The molecule has 0 fully saturated rings. The standard InChI is InChI=1S/C9H7IO2S/c10-6-4-13-8-2-5(3-11)1-7(12)9(6)8/h1-2,4,11-12H,3H2. The summed E-state index contributed by atoms with van der Waals surface area (Å²) in [5.41, 5.74) is 0.753. The first-order valence-electron chi connectivity index (χ1n) is 3.72. The Kier molecular flexibility index (Phi) is 2.44. The first-order valence-corrected chi connectivity index (χ1v) is 5.67. The summed E-state index contributed by atoms with van der Waals surface area (Å²) in [7, 11) is 0. The molecule has 0 aliphatic heterocycles. The molecule has 4 heteroatoms. The van der Waals surface area contributed by atoms with Crippen LogP contribution in [0, 0.1) is 3.57 Å². The molecule has 0 bridgehead atoms. The lowest BCUT2D eigenvalue weighted by molar-refractivity contribution is 0.281. The Balaban J connectivity index is 2.79. The van der Waals surface area contributed by atoms with Gasteiger partial charge in [-0.3, -0.25) is 0 Å². The van der Waals surface area contributed by atoms with Crippen molar-refractivity contribution in [3.8, 4) is 5.75 Å². The summed E-state index contributed by atoms with van der Waals surface area (Å²) in [5.74, 6) is 0.257. The van der Waals surface area contributed by atoms with Crippen molar-refractivity contribution in [3.63, 3.8) is 0 Å². The number of halogens is 1. The number of hydrogen-bond acceptors (Lipinski definition) is 3. The fourth-order valence-electron chi connectivity index (χ4n) is 1.25. The molecule has 0 amide bonds. The first kappa shape index (κ1) is 9.23. The van der Waals surface area contributed by atoms with Gasteiger partial charge < -0.3 is 10.2 Å². The second kappa shape index (κ2) is 3.43. The van der Waals surface area contributed by atoms with Crippen LogP contribution in [-0.2, 0) is 6.61 Å². The molecule has 68 valence electrons. The molecule has 0 spiro atoms. The maximum absolute atomic E-state index is 9.64. The Morgan fingerprint density at radius 2 is 2.15 bits per heavy atom. The van der Waals surface area contributed by atoms with Gasteiger partial charge >= 0.3 is 0 Å². The van der Waals surface area contributed by atoms with Crippen LogP contribution in [0.1, 0.15) is 5.56 Å². The molecule has 0 radical (unpaired) electrons. The molecule has 2 nitrogen and oxygen atoms in total. The van der Waals surface area contributed by atoms with Crippen LogP contribution in [0.2, 0.25) is 0 Å². The summed E-state index contributed by atoms with van der Waals surface area (Å²) in [6, 6.07) is 3.51. The van der Waals surface area contributed by atoms with Gasteiger partial charge in [0.1, 0.15) is 5.75 Å². The van der Waals surface area contributed by atoms with E-state index in [1.54, 1.807) is 17.4 Å². The summed E-state index contributed by atoms with van der Waals surface area (Å²) in [6.07, 6.45) is 0. The van der Waals surface area contributed by atoms with Gasteiger partial charge in [0.2, 0.25) is 0 Å². The van der Waals surface area contributed by atoms with Gasteiger partial charge in [-0.2, -0.15) is 0 Å². The van der Waals surface area contributed by atoms with E-state index >= 15 is 0 Å². The zero-order chi connectivity index (χ0) is 9.42. The van der Waals surface area contributed by atoms with E-state index < -0.39 is 0 Å². The Hall–Kier alpha value is -0.330. The summed E-state index contributed by atoms with van der Waals surface area (Å²) in [5, 5.41) is 21.4. The van der Waals surface area contributed by atoms with Gasteiger partial charge in [-0.15, -0.1) is 11.3 Å². The number of phenolic OH excluding ortho intramolecular Hbond substituents is 1. The number of aliphatic hydroxyl groups excluding tert-OH is 1. The minimum absolute atomic E-state index is 0.0298. The lowest BCUT2D eigenvalue weighted by Gasteiger charge is -1.99. The molecule has 13 heavy (non-hydrogen) atoms. The van der Waals surface area contributed by atoms with Crippen molar-refractivity contribution in [1.29, 1.82) is 0 Å². The quantitative estimate of drug-likeness (QED) is 0.795. The molecular weight excluding hydrogens is 299 g/mol. The van der Waals surface area contributed by atoms with Gasteiger partial charge in [0.15, 0.2) is 0 Å². The molecule has 0 saturated carbocycles. The molecule has 2 rings (SSSR count). The van der Waals surface area contributed by atoms with E-state index in [-0.39, 0.29) is 12.4 Å². The Morgan fingerprint density at radius 1 is 1.38 bits per heavy atom. The molecule has 0 aliphatic rings. The highest BCUT2D eigenvalue weighted by molar-refractivity contribution is 14.1. The van der Waals surface area contributed by atoms with Crippen LogP contribution in [0.25, 0.3) is 10.1 Å². The van der Waals surface area contributed by atoms with Crippen molar-refractivity contribution in [1.82, 2.24) is 0 Å². The van der Waals surface area contributed by atoms with Crippen LogP contribution in [0.15, 0.2) is 17.5 Å². The second-order valence-corrected chi connectivity index (χ2v) is 4.80. The van der Waals surface area contributed by atoms with Crippen LogP contribution in [0.5, 0.6) is 5.75 Å². The lowest BCUT2D eigenvalue weighted by Crippen LogP contribution is -1.82. The van der Waals surface area contributed by atoms with Gasteiger partial charge in [-0.05, 0) is 40.3 Å². The van der Waals surface area contributed by atoms with Crippen molar-refractivity contribution < 1.29 is 10.2 Å². The van der Waals surface area contributed by atoms with E-state index in [2.05, 4.69) is 22.6 Å². The van der Waals surface area contributed by atoms with Crippen molar-refractivity contribution in [2.45, 2.75) is 6.61 Å². The van der Waals surface area contributed by atoms with Crippen molar-refractivity contribution >= 4 is 44.0 Å². The third kappa shape index (κ3) is 1.53. The predicted molar refractivity (Wildman–Crippen MR) is 62.1 cm³/mol. The molecule has 0 atom stereocenters. The monoisotopic (exact) mass is 306 g/mol. The normalized spacial score (nSPS) is 10.9. The molecule has 2 N–H and O–H groups in total. The molecule has 1 aromatic heterocycles. The van der Waals surface area contributed by atoms with Gasteiger partial charge in [0.05, 0.1) is 6.61 Å². The van der Waals surface area contributed by atoms with E-state index in [4.69, 9.17) is 5.11 Å². The largest absolute Gasteiger partial charge is 0.507 e. The third-order valence-electron chi connectivity index (χ3n) is 1.85. The first-order chi connectivity index (χ1) is 6.22. The lowest BCUT2D eigenvalue weighted by atomic mass is 10.2. The number of thiophene rings is 1. The third-order valence-corrected chi connectivity index (χ3v) is 4.05. The summed E-state index contributed by atoms with van der Waals surface area (Å²) >= 11 is 3.77. The zero-order valence-electron chi connectivity index (χ0n) is 6.62. The van der Waals surface area contributed by atoms with Crippen LogP contribution >= 0.6 is 33.9 Å². The molecule has 2 aromatic rings. The number of aliphatic hydroxyl groups is 1. The average Bonchev–Trinajstić information content (AvgIpc) is 2.48. The molecule has 1 heterocycles. The van der Waals surface area contributed by atoms with Gasteiger partial charge in [0, 0.05) is 19.0 Å². The van der Waals surface area contributed by atoms with E-state index in [1.165, 1.54) is 0 Å². The molecular formula is C9H7IO2S. The fourth-order valence-corrected chi connectivity index (χ4v) is 3.29. The van der Waals surface area contributed by atoms with E-state index in [9.17, 15) is 5.11 Å². The molecule has 0 unspecified atom stereocenters. The number of phenols is 1. The maximum Gasteiger partial charge on any atom is 0.125 e. The second-order valence-electron chi connectivity index (χ2n) is 2.73. The van der Waals surface area contributed by atoms with Gasteiger partial charge in [-0.1, -0.05) is 0 Å². The zero-order valence-corrected chi connectivity index (χ0v) is 9.59. The number of hydrogen-bond donors (Lipinski definition) is 2. The van der Waals surface area contributed by atoms with Crippen LogP contribution in [-0.4, -0.2) is 10.2 Å². The van der Waals surface area contributed by atoms with E-state index in [0.29, 0.717) is 0 Å². The Morgan fingerprint density at radius 3 is 2.85 bits per heavy atom. The Labute approximate surface area is 93.0 Å². The van der Waals surface area contributed by atoms with Crippen molar-refractivity contribution in [2.75, 3.05) is 0 Å². The number of fused-ring (bicyclic) bond motifs is 1. The van der Waals surface area contributed by atoms with E-state index in [0.717, 1.165) is 19.2 Å². The number of aromatic hydroxyl groups is 1. The van der Waals surface area contributed by atoms with Crippen molar-refractivity contribution in [3.05, 3.63) is 26.6 Å². The molecule has 0 saturated heterocycles. The Bertz CT molecular complexity index is 450. The fraction of sp³-hybridized carbons (Fsp3) is 0.111.